The number of amides is 1. The van der Waals surface area contributed by atoms with Gasteiger partial charge in [0.05, 0.1) is 12.2 Å². The second kappa shape index (κ2) is 7.74. The first-order valence-corrected chi connectivity index (χ1v) is 7.13. The lowest BCUT2D eigenvalue weighted by atomic mass is 10.00. The molecule has 1 saturated heterocycles. The SMILES string of the molecule is CC(C)CNC(=O)CCNC1CC(C)OC(C)C1. The van der Waals surface area contributed by atoms with Crippen molar-refractivity contribution in [2.24, 2.45) is 5.92 Å². The van der Waals surface area contributed by atoms with Crippen LogP contribution in [-0.4, -0.2) is 37.2 Å². The standard InChI is InChI=1S/C14H28N2O2/c1-10(2)9-16-14(17)5-6-15-13-7-11(3)18-12(4)8-13/h10-13,15H,5-9H2,1-4H3,(H,16,17). The Kier molecular flexibility index (Phi) is 6.65. The summed E-state index contributed by atoms with van der Waals surface area (Å²) in [5.74, 6) is 0.656. The van der Waals surface area contributed by atoms with E-state index in [4.69, 9.17) is 4.74 Å². The molecule has 2 unspecified atom stereocenters. The predicted molar refractivity (Wildman–Crippen MR) is 73.5 cm³/mol. The molecular weight excluding hydrogens is 228 g/mol. The van der Waals surface area contributed by atoms with Crippen molar-refractivity contribution >= 4 is 5.91 Å². The second-order valence-corrected chi connectivity index (χ2v) is 5.83. The Labute approximate surface area is 111 Å². The highest BCUT2D eigenvalue weighted by Crippen LogP contribution is 2.18. The van der Waals surface area contributed by atoms with Crippen molar-refractivity contribution in [2.45, 2.75) is 65.2 Å². The van der Waals surface area contributed by atoms with Crippen molar-refractivity contribution in [3.63, 3.8) is 0 Å². The largest absolute Gasteiger partial charge is 0.375 e. The van der Waals surface area contributed by atoms with E-state index >= 15 is 0 Å². The highest BCUT2D eigenvalue weighted by molar-refractivity contribution is 5.76. The lowest BCUT2D eigenvalue weighted by Crippen LogP contribution is -2.42. The average molecular weight is 256 g/mol. The van der Waals surface area contributed by atoms with Crippen LogP contribution in [0.5, 0.6) is 0 Å². The van der Waals surface area contributed by atoms with Gasteiger partial charge < -0.3 is 15.4 Å². The van der Waals surface area contributed by atoms with Crippen LogP contribution in [0.25, 0.3) is 0 Å². The molecule has 1 rings (SSSR count). The van der Waals surface area contributed by atoms with Gasteiger partial charge in [0.1, 0.15) is 0 Å². The smallest absolute Gasteiger partial charge is 0.221 e. The van der Waals surface area contributed by atoms with Gasteiger partial charge in [-0.2, -0.15) is 0 Å². The lowest BCUT2D eigenvalue weighted by Gasteiger charge is -2.32. The minimum atomic E-state index is 0.143. The number of carbonyl (C=O) groups excluding carboxylic acids is 1. The summed E-state index contributed by atoms with van der Waals surface area (Å²) in [6, 6.07) is 0.488. The van der Waals surface area contributed by atoms with E-state index in [0.29, 0.717) is 30.6 Å². The molecule has 0 aromatic heterocycles. The fourth-order valence-electron chi connectivity index (χ4n) is 2.37. The summed E-state index contributed by atoms with van der Waals surface area (Å²) in [6.45, 7) is 9.95. The van der Waals surface area contributed by atoms with Crippen LogP contribution in [0.2, 0.25) is 0 Å². The van der Waals surface area contributed by atoms with E-state index in [9.17, 15) is 4.79 Å². The molecule has 0 aromatic rings. The van der Waals surface area contributed by atoms with Gasteiger partial charge in [-0.15, -0.1) is 0 Å². The van der Waals surface area contributed by atoms with Crippen LogP contribution >= 0.6 is 0 Å². The molecule has 4 nitrogen and oxygen atoms in total. The maximum atomic E-state index is 11.5. The summed E-state index contributed by atoms with van der Waals surface area (Å²) < 4.78 is 5.69. The molecule has 1 aliphatic heterocycles. The highest BCUT2D eigenvalue weighted by atomic mass is 16.5. The minimum absolute atomic E-state index is 0.143. The molecule has 0 radical (unpaired) electrons. The summed E-state index contributed by atoms with van der Waals surface area (Å²) >= 11 is 0. The Balaban J connectivity index is 2.11. The highest BCUT2D eigenvalue weighted by Gasteiger charge is 2.23. The molecule has 4 heteroatoms. The van der Waals surface area contributed by atoms with E-state index < -0.39 is 0 Å². The molecule has 1 aliphatic rings. The molecule has 18 heavy (non-hydrogen) atoms. The fourth-order valence-corrected chi connectivity index (χ4v) is 2.37. The van der Waals surface area contributed by atoms with E-state index in [-0.39, 0.29) is 5.91 Å². The van der Waals surface area contributed by atoms with Gasteiger partial charge >= 0.3 is 0 Å². The second-order valence-electron chi connectivity index (χ2n) is 5.83. The Bertz CT molecular complexity index is 246. The first-order chi connectivity index (χ1) is 8.47. The third-order valence-electron chi connectivity index (χ3n) is 3.19. The van der Waals surface area contributed by atoms with Crippen molar-refractivity contribution < 1.29 is 9.53 Å². The van der Waals surface area contributed by atoms with Gasteiger partial charge in [-0.05, 0) is 32.6 Å². The average Bonchev–Trinajstić information content (AvgIpc) is 2.25. The van der Waals surface area contributed by atoms with Crippen molar-refractivity contribution in [1.29, 1.82) is 0 Å². The number of hydrogen-bond donors (Lipinski definition) is 2. The van der Waals surface area contributed by atoms with Crippen LogP contribution in [0.1, 0.15) is 47.0 Å². The number of rotatable bonds is 6. The topological polar surface area (TPSA) is 50.4 Å². The predicted octanol–water partition coefficient (Wildman–Crippen LogP) is 1.69. The molecule has 0 bridgehead atoms. The Hall–Kier alpha value is -0.610. The van der Waals surface area contributed by atoms with Gasteiger partial charge in [0.2, 0.25) is 5.91 Å². The minimum Gasteiger partial charge on any atom is -0.375 e. The van der Waals surface area contributed by atoms with Crippen molar-refractivity contribution in [3.8, 4) is 0 Å². The first-order valence-electron chi connectivity index (χ1n) is 7.13. The van der Waals surface area contributed by atoms with Crippen LogP contribution in [0.3, 0.4) is 0 Å². The van der Waals surface area contributed by atoms with Gasteiger partial charge in [-0.3, -0.25) is 4.79 Å². The van der Waals surface area contributed by atoms with Crippen LogP contribution < -0.4 is 10.6 Å². The molecule has 2 N–H and O–H groups in total. The molecule has 1 heterocycles. The maximum absolute atomic E-state index is 11.5. The third kappa shape index (κ3) is 6.36. The van der Waals surface area contributed by atoms with E-state index in [2.05, 4.69) is 38.3 Å². The van der Waals surface area contributed by atoms with E-state index in [1.165, 1.54) is 0 Å². The van der Waals surface area contributed by atoms with E-state index in [1.54, 1.807) is 0 Å². The quantitative estimate of drug-likeness (QED) is 0.760. The summed E-state index contributed by atoms with van der Waals surface area (Å²) in [7, 11) is 0. The summed E-state index contributed by atoms with van der Waals surface area (Å²) in [6.07, 6.45) is 3.28. The normalized spacial score (nSPS) is 28.4. The van der Waals surface area contributed by atoms with Gasteiger partial charge in [-0.25, -0.2) is 0 Å². The van der Waals surface area contributed by atoms with Crippen LogP contribution in [-0.2, 0) is 9.53 Å². The number of carbonyl (C=O) groups is 1. The molecule has 1 fully saturated rings. The molecule has 0 spiro atoms. The molecule has 0 saturated carbocycles. The molecule has 106 valence electrons. The Morgan fingerprint density at radius 1 is 1.28 bits per heavy atom. The van der Waals surface area contributed by atoms with Gasteiger partial charge in [0.15, 0.2) is 0 Å². The van der Waals surface area contributed by atoms with Crippen molar-refractivity contribution in [1.82, 2.24) is 10.6 Å². The summed E-state index contributed by atoms with van der Waals surface area (Å²) in [4.78, 5) is 11.5. The Morgan fingerprint density at radius 3 is 2.44 bits per heavy atom. The molecule has 2 atom stereocenters. The summed E-state index contributed by atoms with van der Waals surface area (Å²) in [5, 5.41) is 6.39. The van der Waals surface area contributed by atoms with Crippen molar-refractivity contribution in [2.75, 3.05) is 13.1 Å². The number of ether oxygens (including phenoxy) is 1. The molecule has 0 aromatic carbocycles. The molecule has 1 amide bonds. The molecule has 0 aliphatic carbocycles. The number of hydrogen-bond acceptors (Lipinski definition) is 3. The zero-order valence-electron chi connectivity index (χ0n) is 12.2. The zero-order chi connectivity index (χ0) is 13.5. The van der Waals surface area contributed by atoms with Crippen LogP contribution in [0.15, 0.2) is 0 Å². The van der Waals surface area contributed by atoms with Gasteiger partial charge in [0.25, 0.3) is 0 Å². The maximum Gasteiger partial charge on any atom is 0.221 e. The fraction of sp³-hybridized carbons (Fsp3) is 0.929. The van der Waals surface area contributed by atoms with Crippen LogP contribution in [0, 0.1) is 5.92 Å². The number of nitrogens with one attached hydrogen (secondary N) is 2. The van der Waals surface area contributed by atoms with Gasteiger partial charge in [-0.1, -0.05) is 13.8 Å². The zero-order valence-corrected chi connectivity index (χ0v) is 12.2. The van der Waals surface area contributed by atoms with Crippen LogP contribution in [0.4, 0.5) is 0 Å². The summed E-state index contributed by atoms with van der Waals surface area (Å²) in [5.41, 5.74) is 0. The Morgan fingerprint density at radius 2 is 1.89 bits per heavy atom. The van der Waals surface area contributed by atoms with Gasteiger partial charge in [0, 0.05) is 25.6 Å². The monoisotopic (exact) mass is 256 g/mol. The molecular formula is C14H28N2O2. The lowest BCUT2D eigenvalue weighted by molar-refractivity contribution is -0.121. The third-order valence-corrected chi connectivity index (χ3v) is 3.19. The van der Waals surface area contributed by atoms with E-state index in [1.807, 2.05) is 0 Å². The first kappa shape index (κ1) is 15.4. The van der Waals surface area contributed by atoms with E-state index in [0.717, 1.165) is 25.9 Å². The van der Waals surface area contributed by atoms with Crippen molar-refractivity contribution in [3.05, 3.63) is 0 Å².